The van der Waals surface area contributed by atoms with E-state index in [1.54, 1.807) is 0 Å². The summed E-state index contributed by atoms with van der Waals surface area (Å²) in [5.41, 5.74) is 8.96. The van der Waals surface area contributed by atoms with Gasteiger partial charge in [0.1, 0.15) is 11.2 Å². The molecule has 0 aliphatic carbocycles. The summed E-state index contributed by atoms with van der Waals surface area (Å²) >= 11 is 0. The third kappa shape index (κ3) is 4.84. The summed E-state index contributed by atoms with van der Waals surface area (Å²) in [6.45, 7) is 0. The highest BCUT2D eigenvalue weighted by molar-refractivity contribution is 6.21. The number of fused-ring (bicyclic) bond motifs is 5. The molecule has 0 aliphatic heterocycles. The summed E-state index contributed by atoms with van der Waals surface area (Å²) in [5, 5.41) is 4.13. The predicted octanol–water partition coefficient (Wildman–Crippen LogP) is 11.3. The third-order valence-electron chi connectivity index (χ3n) is 8.71. The first-order valence-electron chi connectivity index (χ1n) is 15.7. The van der Waals surface area contributed by atoms with Gasteiger partial charge in [-0.3, -0.25) is 0 Å². The van der Waals surface area contributed by atoms with Crippen LogP contribution in [0.25, 0.3) is 89.1 Å². The van der Waals surface area contributed by atoms with E-state index < -0.39 is 0 Å². The SMILES string of the molecule is c1ccc(-c2cccc(-c3nc(-c4ccccc4)nc(-c4cc5ccc(-c6ccccc6)cc5c5oc6ccccc6c45)n3)c2)cc1. The number of hydrogen-bond donors (Lipinski definition) is 0. The zero-order chi connectivity index (χ0) is 31.2. The highest BCUT2D eigenvalue weighted by Gasteiger charge is 2.20. The minimum atomic E-state index is 0.601. The molecule has 0 saturated carbocycles. The van der Waals surface area contributed by atoms with Gasteiger partial charge in [-0.25, -0.2) is 15.0 Å². The van der Waals surface area contributed by atoms with Crippen molar-refractivity contribution in [2.45, 2.75) is 0 Å². The fourth-order valence-electron chi connectivity index (χ4n) is 6.41. The summed E-state index contributed by atoms with van der Waals surface area (Å²) in [7, 11) is 0. The molecule has 0 bridgehead atoms. The second-order valence-electron chi connectivity index (χ2n) is 11.6. The van der Waals surface area contributed by atoms with Gasteiger partial charge in [0, 0.05) is 32.8 Å². The van der Waals surface area contributed by atoms with Crippen molar-refractivity contribution >= 4 is 32.7 Å². The van der Waals surface area contributed by atoms with Gasteiger partial charge in [0.05, 0.1) is 0 Å². The van der Waals surface area contributed by atoms with Crippen molar-refractivity contribution in [3.8, 4) is 56.4 Å². The third-order valence-corrected chi connectivity index (χ3v) is 8.71. The van der Waals surface area contributed by atoms with Crippen LogP contribution in [-0.4, -0.2) is 15.0 Å². The number of rotatable bonds is 5. The normalized spacial score (nSPS) is 11.4. The highest BCUT2D eigenvalue weighted by Crippen LogP contribution is 2.42. The molecule has 0 fully saturated rings. The molecule has 0 unspecified atom stereocenters. The molecule has 2 aromatic heterocycles. The van der Waals surface area contributed by atoms with E-state index in [0.717, 1.165) is 71.7 Å². The molecule has 4 heteroatoms. The molecule has 2 heterocycles. The number of aromatic nitrogens is 3. The smallest absolute Gasteiger partial charge is 0.164 e. The number of nitrogens with zero attached hydrogens (tertiary/aromatic N) is 3. The van der Waals surface area contributed by atoms with Gasteiger partial charge in [-0.2, -0.15) is 0 Å². The van der Waals surface area contributed by atoms with Crippen LogP contribution in [0, 0.1) is 0 Å². The fourth-order valence-corrected chi connectivity index (χ4v) is 6.41. The van der Waals surface area contributed by atoms with Gasteiger partial charge in [-0.1, -0.05) is 140 Å². The summed E-state index contributed by atoms with van der Waals surface area (Å²) < 4.78 is 6.64. The van der Waals surface area contributed by atoms with Crippen molar-refractivity contribution in [3.63, 3.8) is 0 Å². The van der Waals surface area contributed by atoms with Crippen LogP contribution in [0.2, 0.25) is 0 Å². The Morgan fingerprint density at radius 2 is 0.915 bits per heavy atom. The standard InChI is InChI=1S/C43H27N3O/c1-4-13-28(14-5-1)31-19-12-20-34(25-31)42-44-41(30-17-8-3-9-18-30)45-43(46-42)37-27-33-24-23-32(29-15-6-2-7-16-29)26-36(33)40-39(37)35-21-10-11-22-38(35)47-40/h1-27H. The highest BCUT2D eigenvalue weighted by atomic mass is 16.3. The van der Waals surface area contributed by atoms with Crippen LogP contribution in [0.3, 0.4) is 0 Å². The van der Waals surface area contributed by atoms with Gasteiger partial charge in [0.25, 0.3) is 0 Å². The Labute approximate surface area is 271 Å². The molecule has 0 radical (unpaired) electrons. The number of hydrogen-bond acceptors (Lipinski definition) is 4. The summed E-state index contributed by atoms with van der Waals surface area (Å²) in [5.74, 6) is 1.84. The summed E-state index contributed by atoms with van der Waals surface area (Å²) in [6.07, 6.45) is 0. The molecule has 0 amide bonds. The van der Waals surface area contributed by atoms with Gasteiger partial charge in [0.2, 0.25) is 0 Å². The van der Waals surface area contributed by atoms with Crippen molar-refractivity contribution in [1.29, 1.82) is 0 Å². The van der Waals surface area contributed by atoms with E-state index in [4.69, 9.17) is 19.4 Å². The largest absolute Gasteiger partial charge is 0.455 e. The molecule has 4 nitrogen and oxygen atoms in total. The average Bonchev–Trinajstić information content (AvgIpc) is 3.55. The summed E-state index contributed by atoms with van der Waals surface area (Å²) in [4.78, 5) is 15.3. The molecule has 47 heavy (non-hydrogen) atoms. The molecular weight excluding hydrogens is 574 g/mol. The molecule has 0 atom stereocenters. The molecule has 7 aromatic carbocycles. The Balaban J connectivity index is 1.31. The van der Waals surface area contributed by atoms with Crippen LogP contribution in [0.15, 0.2) is 168 Å². The van der Waals surface area contributed by atoms with Gasteiger partial charge in [-0.05, 0) is 51.9 Å². The van der Waals surface area contributed by atoms with Crippen molar-refractivity contribution in [1.82, 2.24) is 15.0 Å². The minimum absolute atomic E-state index is 0.601. The zero-order valence-corrected chi connectivity index (χ0v) is 25.3. The monoisotopic (exact) mass is 601 g/mol. The molecular formula is C43H27N3O. The first-order valence-corrected chi connectivity index (χ1v) is 15.7. The Hall–Kier alpha value is -6.39. The van der Waals surface area contributed by atoms with Crippen LogP contribution in [0.1, 0.15) is 0 Å². The van der Waals surface area contributed by atoms with E-state index >= 15 is 0 Å². The Morgan fingerprint density at radius 1 is 0.362 bits per heavy atom. The maximum Gasteiger partial charge on any atom is 0.164 e. The zero-order valence-electron chi connectivity index (χ0n) is 25.3. The van der Waals surface area contributed by atoms with Crippen LogP contribution < -0.4 is 0 Å². The van der Waals surface area contributed by atoms with Crippen LogP contribution in [-0.2, 0) is 0 Å². The second kappa shape index (κ2) is 11.2. The van der Waals surface area contributed by atoms with Gasteiger partial charge >= 0.3 is 0 Å². The number of para-hydroxylation sites is 1. The Kier molecular flexibility index (Phi) is 6.43. The molecule has 9 aromatic rings. The molecule has 220 valence electrons. The van der Waals surface area contributed by atoms with Crippen molar-refractivity contribution in [3.05, 3.63) is 164 Å². The molecule has 0 spiro atoms. The van der Waals surface area contributed by atoms with E-state index in [1.165, 1.54) is 0 Å². The molecule has 0 aliphatic rings. The van der Waals surface area contributed by atoms with Crippen molar-refractivity contribution < 1.29 is 4.42 Å². The predicted molar refractivity (Wildman–Crippen MR) is 192 cm³/mol. The number of benzene rings is 7. The molecule has 0 saturated heterocycles. The van der Waals surface area contributed by atoms with Crippen LogP contribution in [0.4, 0.5) is 0 Å². The second-order valence-corrected chi connectivity index (χ2v) is 11.6. The lowest BCUT2D eigenvalue weighted by Gasteiger charge is -2.12. The van der Waals surface area contributed by atoms with Gasteiger partial charge in [0.15, 0.2) is 17.5 Å². The van der Waals surface area contributed by atoms with E-state index in [0.29, 0.717) is 17.5 Å². The first-order chi connectivity index (χ1) is 23.3. The van der Waals surface area contributed by atoms with E-state index in [2.05, 4.69) is 109 Å². The van der Waals surface area contributed by atoms with E-state index in [9.17, 15) is 0 Å². The van der Waals surface area contributed by atoms with Gasteiger partial charge < -0.3 is 4.42 Å². The Morgan fingerprint density at radius 3 is 1.64 bits per heavy atom. The van der Waals surface area contributed by atoms with E-state index in [-0.39, 0.29) is 0 Å². The molecule has 0 N–H and O–H groups in total. The van der Waals surface area contributed by atoms with Crippen LogP contribution >= 0.6 is 0 Å². The maximum absolute atomic E-state index is 6.64. The number of furan rings is 1. The van der Waals surface area contributed by atoms with E-state index in [1.807, 2.05) is 54.6 Å². The van der Waals surface area contributed by atoms with Crippen molar-refractivity contribution in [2.75, 3.05) is 0 Å². The fraction of sp³-hybridized carbons (Fsp3) is 0. The topological polar surface area (TPSA) is 51.8 Å². The lowest BCUT2D eigenvalue weighted by Crippen LogP contribution is -2.00. The van der Waals surface area contributed by atoms with Crippen LogP contribution in [0.5, 0.6) is 0 Å². The minimum Gasteiger partial charge on any atom is -0.455 e. The Bertz CT molecular complexity index is 2560. The summed E-state index contributed by atoms with van der Waals surface area (Å²) in [6, 6.07) is 56.3. The maximum atomic E-state index is 6.64. The van der Waals surface area contributed by atoms with Gasteiger partial charge in [-0.15, -0.1) is 0 Å². The molecule has 9 rings (SSSR count). The first kappa shape index (κ1) is 27.0. The lowest BCUT2D eigenvalue weighted by atomic mass is 9.96. The lowest BCUT2D eigenvalue weighted by molar-refractivity contribution is 0.672. The quantitative estimate of drug-likeness (QED) is 0.197. The van der Waals surface area contributed by atoms with Crippen molar-refractivity contribution in [2.24, 2.45) is 0 Å². The average molecular weight is 602 g/mol.